The van der Waals surface area contributed by atoms with Crippen molar-refractivity contribution >= 4 is 5.91 Å². The first-order valence-electron chi connectivity index (χ1n) is 6.34. The standard InChI is InChI=1S/C13H28N2O2/c1-9(2)10(6-7-16)15-12(17)8-11(14)13(3,4)5/h9-11,16H,6-8,14H2,1-5H3,(H,15,17). The van der Waals surface area contributed by atoms with E-state index in [2.05, 4.69) is 5.32 Å². The van der Waals surface area contributed by atoms with Gasteiger partial charge < -0.3 is 16.2 Å². The molecule has 0 bridgehead atoms. The number of amides is 1. The van der Waals surface area contributed by atoms with Crippen LogP contribution < -0.4 is 11.1 Å². The van der Waals surface area contributed by atoms with Crippen molar-refractivity contribution in [3.8, 4) is 0 Å². The Hall–Kier alpha value is -0.610. The molecule has 0 radical (unpaired) electrons. The van der Waals surface area contributed by atoms with Gasteiger partial charge in [-0.15, -0.1) is 0 Å². The van der Waals surface area contributed by atoms with Crippen LogP contribution in [0.25, 0.3) is 0 Å². The molecule has 0 aromatic heterocycles. The molecule has 0 saturated heterocycles. The van der Waals surface area contributed by atoms with E-state index in [1.165, 1.54) is 0 Å². The predicted octanol–water partition coefficient (Wildman–Crippen LogP) is 1.27. The van der Waals surface area contributed by atoms with Crippen LogP contribution in [0.1, 0.15) is 47.5 Å². The van der Waals surface area contributed by atoms with Crippen molar-refractivity contribution in [2.45, 2.75) is 59.5 Å². The molecular weight excluding hydrogens is 216 g/mol. The summed E-state index contributed by atoms with van der Waals surface area (Å²) in [7, 11) is 0. The first kappa shape index (κ1) is 16.4. The SMILES string of the molecule is CC(C)C(CCO)NC(=O)CC(N)C(C)(C)C. The summed E-state index contributed by atoms with van der Waals surface area (Å²) in [6.07, 6.45) is 0.923. The number of aliphatic hydroxyl groups excluding tert-OH is 1. The normalized spacial score (nSPS) is 15.8. The first-order chi connectivity index (χ1) is 7.68. The summed E-state index contributed by atoms with van der Waals surface area (Å²) < 4.78 is 0. The molecule has 4 nitrogen and oxygen atoms in total. The molecule has 2 unspecified atom stereocenters. The monoisotopic (exact) mass is 244 g/mol. The zero-order valence-corrected chi connectivity index (χ0v) is 11.8. The minimum absolute atomic E-state index is 0.0275. The Morgan fingerprint density at radius 1 is 1.35 bits per heavy atom. The van der Waals surface area contributed by atoms with Crippen molar-refractivity contribution in [2.24, 2.45) is 17.1 Å². The second kappa shape index (κ2) is 6.97. The molecule has 0 rings (SSSR count). The van der Waals surface area contributed by atoms with E-state index in [-0.39, 0.29) is 30.0 Å². The maximum atomic E-state index is 11.8. The van der Waals surface area contributed by atoms with Crippen LogP contribution in [0.15, 0.2) is 0 Å². The highest BCUT2D eigenvalue weighted by molar-refractivity contribution is 5.77. The predicted molar refractivity (Wildman–Crippen MR) is 70.5 cm³/mol. The quantitative estimate of drug-likeness (QED) is 0.658. The lowest BCUT2D eigenvalue weighted by Gasteiger charge is -2.28. The van der Waals surface area contributed by atoms with Gasteiger partial charge in [0.1, 0.15) is 0 Å². The van der Waals surface area contributed by atoms with Gasteiger partial charge >= 0.3 is 0 Å². The minimum atomic E-state index is -0.149. The van der Waals surface area contributed by atoms with E-state index < -0.39 is 0 Å². The average Bonchev–Trinajstić information content (AvgIpc) is 2.15. The van der Waals surface area contributed by atoms with Crippen LogP contribution >= 0.6 is 0 Å². The highest BCUT2D eigenvalue weighted by atomic mass is 16.3. The van der Waals surface area contributed by atoms with Crippen LogP contribution in [0.2, 0.25) is 0 Å². The van der Waals surface area contributed by atoms with Gasteiger partial charge in [-0.05, 0) is 17.8 Å². The van der Waals surface area contributed by atoms with E-state index in [1.807, 2.05) is 34.6 Å². The van der Waals surface area contributed by atoms with Gasteiger partial charge in [-0.2, -0.15) is 0 Å². The summed E-state index contributed by atoms with van der Waals surface area (Å²) in [6.45, 7) is 10.2. The maximum Gasteiger partial charge on any atom is 0.221 e. The lowest BCUT2D eigenvalue weighted by molar-refractivity contribution is -0.123. The molecule has 4 N–H and O–H groups in total. The Balaban J connectivity index is 4.24. The van der Waals surface area contributed by atoms with Gasteiger partial charge in [0.25, 0.3) is 0 Å². The van der Waals surface area contributed by atoms with E-state index in [4.69, 9.17) is 10.8 Å². The van der Waals surface area contributed by atoms with Gasteiger partial charge in [-0.25, -0.2) is 0 Å². The second-order valence-corrected chi connectivity index (χ2v) is 6.11. The third-order valence-electron chi connectivity index (χ3n) is 3.11. The molecule has 0 aliphatic carbocycles. The molecule has 2 atom stereocenters. The number of hydrogen-bond acceptors (Lipinski definition) is 3. The Morgan fingerprint density at radius 2 is 1.88 bits per heavy atom. The average molecular weight is 244 g/mol. The third-order valence-corrected chi connectivity index (χ3v) is 3.11. The highest BCUT2D eigenvalue weighted by Gasteiger charge is 2.24. The summed E-state index contributed by atoms with van der Waals surface area (Å²) >= 11 is 0. The second-order valence-electron chi connectivity index (χ2n) is 6.11. The topological polar surface area (TPSA) is 75.3 Å². The molecule has 0 heterocycles. The van der Waals surface area contributed by atoms with Crippen LogP contribution in [0.5, 0.6) is 0 Å². The van der Waals surface area contributed by atoms with E-state index in [0.29, 0.717) is 18.8 Å². The van der Waals surface area contributed by atoms with Crippen molar-refractivity contribution in [1.29, 1.82) is 0 Å². The number of aliphatic hydroxyl groups is 1. The Kier molecular flexibility index (Phi) is 6.72. The fraction of sp³-hybridized carbons (Fsp3) is 0.923. The van der Waals surface area contributed by atoms with Crippen molar-refractivity contribution in [1.82, 2.24) is 5.32 Å². The number of nitrogens with two attached hydrogens (primary N) is 1. The first-order valence-corrected chi connectivity index (χ1v) is 6.34. The lowest BCUT2D eigenvalue weighted by Crippen LogP contribution is -2.44. The van der Waals surface area contributed by atoms with Crippen molar-refractivity contribution < 1.29 is 9.90 Å². The fourth-order valence-corrected chi connectivity index (χ4v) is 1.48. The molecule has 0 aliphatic heterocycles. The van der Waals surface area contributed by atoms with Crippen molar-refractivity contribution in [2.75, 3.05) is 6.61 Å². The molecule has 102 valence electrons. The molecule has 0 aromatic rings. The molecule has 0 spiro atoms. The van der Waals surface area contributed by atoms with E-state index in [0.717, 1.165) is 0 Å². The number of carbonyl (C=O) groups is 1. The van der Waals surface area contributed by atoms with Gasteiger partial charge in [-0.3, -0.25) is 4.79 Å². The molecule has 17 heavy (non-hydrogen) atoms. The smallest absolute Gasteiger partial charge is 0.221 e. The number of hydrogen-bond donors (Lipinski definition) is 3. The summed E-state index contributed by atoms with van der Waals surface area (Å²) in [4.78, 5) is 11.8. The van der Waals surface area contributed by atoms with Crippen LogP contribution in [-0.4, -0.2) is 29.7 Å². The molecule has 0 aliphatic rings. The fourth-order valence-electron chi connectivity index (χ4n) is 1.48. The van der Waals surface area contributed by atoms with Crippen LogP contribution in [-0.2, 0) is 4.79 Å². The molecule has 1 amide bonds. The zero-order valence-electron chi connectivity index (χ0n) is 11.8. The van der Waals surface area contributed by atoms with E-state index in [1.54, 1.807) is 0 Å². The number of rotatable bonds is 6. The maximum absolute atomic E-state index is 11.8. The molecule has 0 saturated carbocycles. The largest absolute Gasteiger partial charge is 0.396 e. The lowest BCUT2D eigenvalue weighted by atomic mass is 9.85. The van der Waals surface area contributed by atoms with E-state index in [9.17, 15) is 4.79 Å². The summed E-state index contributed by atoms with van der Waals surface area (Å²) in [6, 6.07) is -0.121. The van der Waals surface area contributed by atoms with Gasteiger partial charge in [0.2, 0.25) is 5.91 Å². The molecule has 4 heteroatoms. The van der Waals surface area contributed by atoms with Crippen LogP contribution in [0.3, 0.4) is 0 Å². The van der Waals surface area contributed by atoms with Crippen molar-refractivity contribution in [3.63, 3.8) is 0 Å². The van der Waals surface area contributed by atoms with Gasteiger partial charge in [-0.1, -0.05) is 34.6 Å². The molecular formula is C13H28N2O2. The van der Waals surface area contributed by atoms with Crippen LogP contribution in [0, 0.1) is 11.3 Å². The molecule has 0 fully saturated rings. The molecule has 0 aromatic carbocycles. The minimum Gasteiger partial charge on any atom is -0.396 e. The van der Waals surface area contributed by atoms with Crippen molar-refractivity contribution in [3.05, 3.63) is 0 Å². The zero-order chi connectivity index (χ0) is 13.6. The Bertz CT molecular complexity index is 234. The van der Waals surface area contributed by atoms with E-state index >= 15 is 0 Å². The third kappa shape index (κ3) is 6.64. The number of carbonyl (C=O) groups excluding carboxylic acids is 1. The van der Waals surface area contributed by atoms with Crippen LogP contribution in [0.4, 0.5) is 0 Å². The summed E-state index contributed by atoms with van der Waals surface area (Å²) in [5.41, 5.74) is 5.90. The van der Waals surface area contributed by atoms with Gasteiger partial charge in [0, 0.05) is 25.1 Å². The Morgan fingerprint density at radius 3 is 2.24 bits per heavy atom. The number of nitrogens with one attached hydrogen (secondary N) is 1. The summed E-state index contributed by atoms with van der Waals surface area (Å²) in [5.74, 6) is 0.288. The summed E-state index contributed by atoms with van der Waals surface area (Å²) in [5, 5.41) is 11.9. The Labute approximate surface area is 105 Å². The van der Waals surface area contributed by atoms with Gasteiger partial charge in [0.15, 0.2) is 0 Å². The highest BCUT2D eigenvalue weighted by Crippen LogP contribution is 2.19. The van der Waals surface area contributed by atoms with Gasteiger partial charge in [0.05, 0.1) is 0 Å².